The van der Waals surface area contributed by atoms with E-state index in [1.807, 2.05) is 6.08 Å². The highest BCUT2D eigenvalue weighted by molar-refractivity contribution is 5.94. The van der Waals surface area contributed by atoms with E-state index in [4.69, 9.17) is 4.74 Å². The third-order valence-electron chi connectivity index (χ3n) is 10.4. The van der Waals surface area contributed by atoms with Crippen molar-refractivity contribution in [2.45, 2.75) is 112 Å². The molecule has 0 aliphatic heterocycles. The zero-order chi connectivity index (χ0) is 23.3. The molecule has 0 aromatic carbocycles. The molecule has 0 aromatic rings. The van der Waals surface area contributed by atoms with Gasteiger partial charge >= 0.3 is 5.97 Å². The molecule has 4 aliphatic carbocycles. The van der Waals surface area contributed by atoms with Gasteiger partial charge in [-0.3, -0.25) is 9.59 Å². The first kappa shape index (κ1) is 24.0. The van der Waals surface area contributed by atoms with Crippen LogP contribution in [0.5, 0.6) is 0 Å². The summed E-state index contributed by atoms with van der Waals surface area (Å²) in [6, 6.07) is 0. The normalized spacial score (nSPS) is 42.0. The molecule has 3 fully saturated rings. The van der Waals surface area contributed by atoms with Crippen molar-refractivity contribution in [1.29, 1.82) is 0 Å². The molecular formula is C29H46O3. The largest absolute Gasteiger partial charge is 0.462 e. The van der Waals surface area contributed by atoms with Crippen molar-refractivity contribution in [1.82, 2.24) is 0 Å². The van der Waals surface area contributed by atoms with Gasteiger partial charge in [-0.05, 0) is 85.0 Å². The lowest BCUT2D eigenvalue weighted by molar-refractivity contribution is -0.149. The van der Waals surface area contributed by atoms with Crippen LogP contribution in [0, 0.1) is 46.3 Å². The van der Waals surface area contributed by atoms with Gasteiger partial charge in [0.2, 0.25) is 0 Å². The minimum Gasteiger partial charge on any atom is -0.462 e. The molecular weight excluding hydrogens is 396 g/mol. The van der Waals surface area contributed by atoms with Crippen molar-refractivity contribution < 1.29 is 14.3 Å². The van der Waals surface area contributed by atoms with Gasteiger partial charge in [-0.25, -0.2) is 0 Å². The van der Waals surface area contributed by atoms with E-state index in [0.29, 0.717) is 23.0 Å². The third-order valence-corrected chi connectivity index (χ3v) is 10.4. The summed E-state index contributed by atoms with van der Waals surface area (Å²) in [5.41, 5.74) is 1.70. The Labute approximate surface area is 196 Å². The minimum absolute atomic E-state index is 0.0485. The molecule has 3 nitrogen and oxygen atoms in total. The lowest BCUT2D eigenvalue weighted by Crippen LogP contribution is -2.53. The van der Waals surface area contributed by atoms with E-state index < -0.39 is 0 Å². The average molecular weight is 443 g/mol. The number of esters is 1. The smallest absolute Gasteiger partial charge is 0.302 e. The number of carbonyl (C=O) groups excluding carboxylic acids is 2. The van der Waals surface area contributed by atoms with E-state index in [2.05, 4.69) is 34.6 Å². The van der Waals surface area contributed by atoms with E-state index in [1.165, 1.54) is 57.4 Å². The van der Waals surface area contributed by atoms with Gasteiger partial charge in [-0.15, -0.1) is 0 Å². The Kier molecular flexibility index (Phi) is 6.69. The van der Waals surface area contributed by atoms with Crippen molar-refractivity contribution in [3.63, 3.8) is 0 Å². The van der Waals surface area contributed by atoms with E-state index >= 15 is 0 Å². The molecule has 0 bridgehead atoms. The summed E-state index contributed by atoms with van der Waals surface area (Å²) in [7, 11) is 0. The standard InChI is InChI=1S/C29H46O3/c1-18(2)8-7-9-19(3)23-10-11-24-27-25(13-15-29(23,24)6)28(5)14-12-22(32-20(4)30)16-21(28)17-26(27)31/h17-19,22-25,27H,7-16H2,1-6H3/t19-,22+,23-,24-,25-,27-,28+,29+/m0/s1. The van der Waals surface area contributed by atoms with Crippen molar-refractivity contribution in [3.05, 3.63) is 11.6 Å². The second-order valence-corrected chi connectivity index (χ2v) is 12.7. The fraction of sp³-hybridized carbons (Fsp3) is 0.862. The van der Waals surface area contributed by atoms with E-state index in [0.717, 1.165) is 37.0 Å². The molecule has 3 heteroatoms. The SMILES string of the molecule is CC(=O)O[C@@H]1CC[C@]2(C)C(=CC(=O)[C@H]3[C@@H]4CC[C@@H]([C@@H](C)CCCC(C)C)[C@@]4(C)CC[C@@H]32)C1. The maximum absolute atomic E-state index is 13.6. The van der Waals surface area contributed by atoms with Gasteiger partial charge in [0.25, 0.3) is 0 Å². The molecule has 8 atom stereocenters. The Balaban J connectivity index is 1.52. The number of rotatable bonds is 6. The van der Waals surface area contributed by atoms with E-state index in [-0.39, 0.29) is 23.4 Å². The molecule has 4 aliphatic rings. The third kappa shape index (κ3) is 4.11. The maximum atomic E-state index is 13.6. The first-order valence-electron chi connectivity index (χ1n) is 13.5. The van der Waals surface area contributed by atoms with Gasteiger partial charge in [-0.2, -0.15) is 0 Å². The highest BCUT2D eigenvalue weighted by Gasteiger charge is 2.61. The molecule has 4 rings (SSSR count). The van der Waals surface area contributed by atoms with E-state index in [1.54, 1.807) is 0 Å². The van der Waals surface area contributed by atoms with Crippen molar-refractivity contribution in [2.24, 2.45) is 46.3 Å². The summed E-state index contributed by atoms with van der Waals surface area (Å²) in [5, 5.41) is 0. The van der Waals surface area contributed by atoms with Crippen LogP contribution < -0.4 is 0 Å². The topological polar surface area (TPSA) is 43.4 Å². The van der Waals surface area contributed by atoms with Gasteiger partial charge in [0.1, 0.15) is 6.10 Å². The monoisotopic (exact) mass is 442 g/mol. The van der Waals surface area contributed by atoms with Crippen LogP contribution in [0.1, 0.15) is 106 Å². The summed E-state index contributed by atoms with van der Waals surface area (Å²) < 4.78 is 5.54. The first-order valence-corrected chi connectivity index (χ1v) is 13.5. The molecule has 0 aromatic heterocycles. The second kappa shape index (κ2) is 8.91. The number of hydrogen-bond donors (Lipinski definition) is 0. The average Bonchev–Trinajstić information content (AvgIpc) is 3.05. The Morgan fingerprint density at radius 3 is 2.50 bits per heavy atom. The zero-order valence-electron chi connectivity index (χ0n) is 21.4. The number of fused-ring (bicyclic) bond motifs is 5. The zero-order valence-corrected chi connectivity index (χ0v) is 21.4. The number of allylic oxidation sites excluding steroid dienone is 1. The number of ketones is 1. The van der Waals surface area contributed by atoms with Crippen LogP contribution in [-0.2, 0) is 14.3 Å². The van der Waals surface area contributed by atoms with Crippen LogP contribution in [0.25, 0.3) is 0 Å². The fourth-order valence-electron chi connectivity index (χ4n) is 8.73. The maximum Gasteiger partial charge on any atom is 0.302 e. The molecule has 0 saturated heterocycles. The van der Waals surface area contributed by atoms with Crippen LogP contribution in [0.4, 0.5) is 0 Å². The number of ether oxygens (including phenoxy) is 1. The van der Waals surface area contributed by atoms with Crippen LogP contribution in [0.15, 0.2) is 11.6 Å². The van der Waals surface area contributed by atoms with Crippen LogP contribution in [0.3, 0.4) is 0 Å². The predicted molar refractivity (Wildman–Crippen MR) is 129 cm³/mol. The van der Waals surface area contributed by atoms with Gasteiger partial charge in [0, 0.05) is 19.3 Å². The summed E-state index contributed by atoms with van der Waals surface area (Å²) in [4.78, 5) is 25.1. The molecule has 3 saturated carbocycles. The molecule has 180 valence electrons. The molecule has 0 unspecified atom stereocenters. The second-order valence-electron chi connectivity index (χ2n) is 12.7. The number of hydrogen-bond acceptors (Lipinski definition) is 3. The number of carbonyl (C=O) groups is 2. The van der Waals surface area contributed by atoms with Crippen molar-refractivity contribution >= 4 is 11.8 Å². The Morgan fingerprint density at radius 1 is 1.06 bits per heavy atom. The summed E-state index contributed by atoms with van der Waals surface area (Å²) in [6.07, 6.45) is 13.7. The quantitative estimate of drug-likeness (QED) is 0.411. The van der Waals surface area contributed by atoms with Gasteiger partial charge in [-0.1, -0.05) is 59.5 Å². The van der Waals surface area contributed by atoms with Crippen LogP contribution in [-0.4, -0.2) is 17.9 Å². The van der Waals surface area contributed by atoms with E-state index in [9.17, 15) is 9.59 Å². The molecule has 32 heavy (non-hydrogen) atoms. The van der Waals surface area contributed by atoms with Crippen molar-refractivity contribution in [2.75, 3.05) is 0 Å². The lowest BCUT2D eigenvalue weighted by Gasteiger charge is -2.57. The first-order chi connectivity index (χ1) is 15.1. The predicted octanol–water partition coefficient (Wildman–Crippen LogP) is 7.14. The lowest BCUT2D eigenvalue weighted by atomic mass is 9.46. The molecule has 0 N–H and O–H groups in total. The van der Waals surface area contributed by atoms with Crippen molar-refractivity contribution in [3.8, 4) is 0 Å². The van der Waals surface area contributed by atoms with Gasteiger partial charge in [0.05, 0.1) is 0 Å². The van der Waals surface area contributed by atoms with Gasteiger partial charge in [0.15, 0.2) is 5.78 Å². The molecule has 0 radical (unpaired) electrons. The minimum atomic E-state index is -0.202. The summed E-state index contributed by atoms with van der Waals surface area (Å²) in [6.45, 7) is 13.6. The fourth-order valence-corrected chi connectivity index (χ4v) is 8.73. The Morgan fingerprint density at radius 2 is 1.81 bits per heavy atom. The summed E-state index contributed by atoms with van der Waals surface area (Å²) >= 11 is 0. The Hall–Kier alpha value is -1.12. The summed E-state index contributed by atoms with van der Waals surface area (Å²) in [5.74, 6) is 3.74. The molecule has 0 amide bonds. The molecule has 0 spiro atoms. The van der Waals surface area contributed by atoms with Crippen LogP contribution >= 0.6 is 0 Å². The highest BCUT2D eigenvalue weighted by Crippen LogP contribution is 2.66. The van der Waals surface area contributed by atoms with Gasteiger partial charge < -0.3 is 4.74 Å². The highest BCUT2D eigenvalue weighted by atomic mass is 16.5. The Bertz CT molecular complexity index is 766. The molecule has 0 heterocycles. The van der Waals surface area contributed by atoms with Crippen LogP contribution in [0.2, 0.25) is 0 Å².